The highest BCUT2D eigenvalue weighted by atomic mass is 32.1. The Balaban J connectivity index is 1.68. The second kappa shape index (κ2) is 8.19. The average Bonchev–Trinajstić information content (AvgIpc) is 3.01. The van der Waals surface area contributed by atoms with E-state index in [-0.39, 0.29) is 0 Å². The predicted octanol–water partition coefficient (Wildman–Crippen LogP) is 1.25. The van der Waals surface area contributed by atoms with Gasteiger partial charge in [0.05, 0.1) is 13.2 Å². The standard InChI is InChI=1S/C14H25N5OS/c1-12(2)11-20-9-3-16-13(15)18-5-7-19(8-6-18)14-17-4-10-21-14/h4,10,12H,3,5-9,11H2,1-2H3,(H2,15,16). The summed E-state index contributed by atoms with van der Waals surface area (Å²) in [4.78, 5) is 13.2. The molecule has 2 heterocycles. The Morgan fingerprint density at radius 1 is 1.43 bits per heavy atom. The first-order chi connectivity index (χ1) is 10.2. The van der Waals surface area contributed by atoms with Gasteiger partial charge in [0.2, 0.25) is 0 Å². The van der Waals surface area contributed by atoms with Crippen molar-refractivity contribution in [2.75, 3.05) is 50.8 Å². The van der Waals surface area contributed by atoms with Gasteiger partial charge < -0.3 is 20.3 Å². The molecule has 0 atom stereocenters. The fourth-order valence-electron chi connectivity index (χ4n) is 2.14. The number of nitrogens with two attached hydrogens (primary N) is 1. The maximum Gasteiger partial charge on any atom is 0.191 e. The summed E-state index contributed by atoms with van der Waals surface area (Å²) in [7, 11) is 0. The van der Waals surface area contributed by atoms with Crippen molar-refractivity contribution in [2.45, 2.75) is 13.8 Å². The van der Waals surface area contributed by atoms with Gasteiger partial charge in [0.15, 0.2) is 11.1 Å². The van der Waals surface area contributed by atoms with E-state index >= 15 is 0 Å². The smallest absolute Gasteiger partial charge is 0.191 e. The first-order valence-electron chi connectivity index (χ1n) is 7.44. The van der Waals surface area contributed by atoms with Gasteiger partial charge in [-0.25, -0.2) is 4.98 Å². The van der Waals surface area contributed by atoms with Crippen LogP contribution in [-0.4, -0.2) is 61.8 Å². The summed E-state index contributed by atoms with van der Waals surface area (Å²) in [6, 6.07) is 0. The molecule has 0 amide bonds. The van der Waals surface area contributed by atoms with Gasteiger partial charge in [0.1, 0.15) is 0 Å². The van der Waals surface area contributed by atoms with Crippen LogP contribution < -0.4 is 10.6 Å². The summed E-state index contributed by atoms with van der Waals surface area (Å²) in [6.07, 6.45) is 1.85. The number of hydrogen-bond acceptors (Lipinski definition) is 5. The molecular formula is C14H25N5OS. The second-order valence-corrected chi connectivity index (χ2v) is 6.37. The van der Waals surface area contributed by atoms with Crippen molar-refractivity contribution in [3.8, 4) is 0 Å². The normalized spacial score (nSPS) is 16.8. The van der Waals surface area contributed by atoms with Crippen LogP contribution in [0.5, 0.6) is 0 Å². The lowest BCUT2D eigenvalue weighted by Crippen LogP contribution is -2.51. The van der Waals surface area contributed by atoms with Crippen LogP contribution >= 0.6 is 11.3 Å². The number of aromatic nitrogens is 1. The van der Waals surface area contributed by atoms with Gasteiger partial charge >= 0.3 is 0 Å². The maximum absolute atomic E-state index is 6.04. The van der Waals surface area contributed by atoms with Crippen LogP contribution in [-0.2, 0) is 4.74 Å². The third-order valence-corrected chi connectivity index (χ3v) is 4.09. The molecular weight excluding hydrogens is 286 g/mol. The van der Waals surface area contributed by atoms with Crippen LogP contribution in [0.15, 0.2) is 16.6 Å². The van der Waals surface area contributed by atoms with E-state index in [2.05, 4.69) is 33.6 Å². The third kappa shape index (κ3) is 5.17. The van der Waals surface area contributed by atoms with Gasteiger partial charge in [0, 0.05) is 44.4 Å². The van der Waals surface area contributed by atoms with Gasteiger partial charge in [-0.3, -0.25) is 4.99 Å². The molecule has 1 saturated heterocycles. The lowest BCUT2D eigenvalue weighted by molar-refractivity contribution is 0.116. The number of guanidine groups is 1. The van der Waals surface area contributed by atoms with Crippen molar-refractivity contribution in [1.82, 2.24) is 9.88 Å². The lowest BCUT2D eigenvalue weighted by atomic mass is 10.2. The topological polar surface area (TPSA) is 67.0 Å². The van der Waals surface area contributed by atoms with E-state index in [1.54, 1.807) is 11.3 Å². The Hall–Kier alpha value is -1.34. The second-order valence-electron chi connectivity index (χ2n) is 5.50. The highest BCUT2D eigenvalue weighted by Gasteiger charge is 2.19. The van der Waals surface area contributed by atoms with Crippen LogP contribution in [0.2, 0.25) is 0 Å². The zero-order valence-corrected chi connectivity index (χ0v) is 13.7. The van der Waals surface area contributed by atoms with Crippen LogP contribution in [0.25, 0.3) is 0 Å². The molecule has 0 spiro atoms. The highest BCUT2D eigenvalue weighted by molar-refractivity contribution is 7.13. The summed E-state index contributed by atoms with van der Waals surface area (Å²) >= 11 is 1.68. The van der Waals surface area contributed by atoms with E-state index in [0.29, 0.717) is 25.0 Å². The van der Waals surface area contributed by atoms with Crippen LogP contribution in [0.4, 0.5) is 5.13 Å². The molecule has 2 rings (SSSR count). The quantitative estimate of drug-likeness (QED) is 0.486. The maximum atomic E-state index is 6.04. The summed E-state index contributed by atoms with van der Waals surface area (Å²) < 4.78 is 5.50. The number of rotatable bonds is 6. The zero-order chi connectivity index (χ0) is 15.1. The molecule has 0 radical (unpaired) electrons. The minimum Gasteiger partial charge on any atom is -0.379 e. The van der Waals surface area contributed by atoms with Crippen molar-refractivity contribution in [3.63, 3.8) is 0 Å². The van der Waals surface area contributed by atoms with Crippen molar-refractivity contribution in [1.29, 1.82) is 0 Å². The molecule has 7 heteroatoms. The zero-order valence-electron chi connectivity index (χ0n) is 12.9. The molecule has 0 saturated carbocycles. The van der Waals surface area contributed by atoms with Crippen LogP contribution in [0.1, 0.15) is 13.8 Å². The molecule has 0 aliphatic carbocycles. The summed E-state index contributed by atoms with van der Waals surface area (Å²) in [5.41, 5.74) is 6.04. The Kier molecular flexibility index (Phi) is 6.25. The largest absolute Gasteiger partial charge is 0.379 e. The molecule has 0 bridgehead atoms. The number of anilines is 1. The molecule has 1 aliphatic heterocycles. The van der Waals surface area contributed by atoms with E-state index in [1.165, 1.54) is 0 Å². The number of nitrogens with zero attached hydrogens (tertiary/aromatic N) is 4. The molecule has 0 aromatic carbocycles. The molecule has 1 fully saturated rings. The van der Waals surface area contributed by atoms with Crippen LogP contribution in [0, 0.1) is 5.92 Å². The average molecular weight is 311 g/mol. The van der Waals surface area contributed by atoms with E-state index < -0.39 is 0 Å². The van der Waals surface area contributed by atoms with Gasteiger partial charge in [0.25, 0.3) is 0 Å². The predicted molar refractivity (Wildman–Crippen MR) is 88.0 cm³/mol. The number of piperazine rings is 1. The molecule has 6 nitrogen and oxygen atoms in total. The molecule has 2 N–H and O–H groups in total. The molecule has 1 aliphatic rings. The number of ether oxygens (including phenoxy) is 1. The first kappa shape index (κ1) is 16.0. The number of thiazole rings is 1. The van der Waals surface area contributed by atoms with Gasteiger partial charge in [-0.05, 0) is 5.92 Å². The molecule has 1 aromatic rings. The van der Waals surface area contributed by atoms with Crippen molar-refractivity contribution < 1.29 is 4.74 Å². The monoisotopic (exact) mass is 311 g/mol. The Morgan fingerprint density at radius 3 is 2.81 bits per heavy atom. The fourth-order valence-corrected chi connectivity index (χ4v) is 2.84. The number of hydrogen-bond donors (Lipinski definition) is 1. The van der Waals surface area contributed by atoms with E-state index in [1.807, 2.05) is 11.6 Å². The number of aliphatic imine (C=N–C) groups is 1. The fraction of sp³-hybridized carbons (Fsp3) is 0.714. The summed E-state index contributed by atoms with van der Waals surface area (Å²) in [5, 5.41) is 3.10. The summed E-state index contributed by atoms with van der Waals surface area (Å²) in [5.74, 6) is 1.19. The van der Waals surface area contributed by atoms with Crippen molar-refractivity contribution in [2.24, 2.45) is 16.6 Å². The van der Waals surface area contributed by atoms with Crippen molar-refractivity contribution >= 4 is 22.4 Å². The SMILES string of the molecule is CC(C)COCCN=C(N)N1CCN(c2nccs2)CC1. The van der Waals surface area contributed by atoms with Gasteiger partial charge in [-0.15, -0.1) is 11.3 Å². The molecule has 0 unspecified atom stereocenters. The molecule has 118 valence electrons. The minimum absolute atomic E-state index is 0.560. The summed E-state index contributed by atoms with van der Waals surface area (Å²) in [6.45, 7) is 9.98. The van der Waals surface area contributed by atoms with Crippen molar-refractivity contribution in [3.05, 3.63) is 11.6 Å². The Labute approximate surface area is 130 Å². The minimum atomic E-state index is 0.560. The lowest BCUT2D eigenvalue weighted by Gasteiger charge is -2.35. The molecule has 1 aromatic heterocycles. The molecule has 21 heavy (non-hydrogen) atoms. The first-order valence-corrected chi connectivity index (χ1v) is 8.32. The van der Waals surface area contributed by atoms with E-state index in [4.69, 9.17) is 10.5 Å². The van der Waals surface area contributed by atoms with Gasteiger partial charge in [-0.2, -0.15) is 0 Å². The van der Waals surface area contributed by atoms with E-state index in [0.717, 1.165) is 37.9 Å². The van der Waals surface area contributed by atoms with Crippen LogP contribution in [0.3, 0.4) is 0 Å². The Morgan fingerprint density at radius 2 is 2.19 bits per heavy atom. The van der Waals surface area contributed by atoms with Gasteiger partial charge in [-0.1, -0.05) is 13.8 Å². The van der Waals surface area contributed by atoms with E-state index in [9.17, 15) is 0 Å². The third-order valence-electron chi connectivity index (χ3n) is 3.25. The Bertz CT molecular complexity index is 427. The highest BCUT2D eigenvalue weighted by Crippen LogP contribution is 2.18.